The molecule has 9 heavy (non-hydrogen) atoms. The lowest BCUT2D eigenvalue weighted by Gasteiger charge is -1.47. The molecule has 2 heterocycles. The van der Waals surface area contributed by atoms with E-state index in [0.29, 0.717) is 0 Å². The fraction of sp³-hybridized carbons (Fsp3) is 0. The monoisotopic (exact) mass is 120 g/mol. The highest BCUT2D eigenvalue weighted by Crippen LogP contribution is 2.21. The largest absolute Gasteiger partial charge is 0.337 e. The van der Waals surface area contributed by atoms with Crippen molar-refractivity contribution in [1.29, 1.82) is 5.26 Å². The van der Waals surface area contributed by atoms with E-state index >= 15 is 0 Å². The zero-order valence-corrected chi connectivity index (χ0v) is 4.57. The number of fused-ring (bicyclic) bond motifs is 1. The molecule has 0 radical (unpaired) electrons. The maximum absolute atomic E-state index is 7.10. The van der Waals surface area contributed by atoms with Crippen LogP contribution in [0, 0.1) is 11.5 Å². The van der Waals surface area contributed by atoms with Crippen molar-refractivity contribution >= 4 is 0 Å². The summed E-state index contributed by atoms with van der Waals surface area (Å²) in [7, 11) is 0. The van der Waals surface area contributed by atoms with Gasteiger partial charge in [0, 0.05) is 6.20 Å². The van der Waals surface area contributed by atoms with Crippen LogP contribution in [-0.2, 0) is 0 Å². The number of nitriles is 1. The van der Waals surface area contributed by atoms with E-state index in [1.807, 2.05) is 6.07 Å². The highest BCUT2D eigenvalue weighted by atomic mass is 15.0. The predicted octanol–water partition coefficient (Wildman–Crippen LogP) is -0.117. The molecule has 0 aliphatic carbocycles. The maximum Gasteiger partial charge on any atom is 0.178 e. The van der Waals surface area contributed by atoms with Gasteiger partial charge < -0.3 is 5.73 Å². The molecule has 0 amide bonds. The number of nitrogens with two attached hydrogens (primary N) is 1. The average molecular weight is 120 g/mol. The van der Waals surface area contributed by atoms with Crippen molar-refractivity contribution < 1.29 is 0 Å². The molecule has 4 heteroatoms. The summed E-state index contributed by atoms with van der Waals surface area (Å²) in [6, 6.07) is 1.90. The Morgan fingerprint density at radius 1 is 1.67 bits per heavy atom. The Morgan fingerprint density at radius 2 is 2.33 bits per heavy atom. The topological polar surface area (TPSA) is 75.6 Å². The molecule has 0 aromatic rings. The highest BCUT2D eigenvalue weighted by Gasteiger charge is 2.13. The predicted molar refractivity (Wildman–Crippen MR) is 30.8 cm³/mol. The minimum absolute atomic E-state index is 0.926. The van der Waals surface area contributed by atoms with Gasteiger partial charge in [0.1, 0.15) is 5.69 Å². The molecule has 44 valence electrons. The molecule has 4 nitrogen and oxygen atoms in total. The Bertz CT molecular complexity index is 232. The number of hydrogen-bond donors (Lipinski definition) is 1. The lowest BCUT2D eigenvalue weighted by Crippen LogP contribution is -1.69. The van der Waals surface area contributed by atoms with Crippen LogP contribution in [0.5, 0.6) is 0 Å². The molecular formula is C5H4N4. The molecule has 0 saturated carbocycles. The third kappa shape index (κ3) is 1.13. The van der Waals surface area contributed by atoms with Gasteiger partial charge in [-0.05, 0) is 6.07 Å². The highest BCUT2D eigenvalue weighted by molar-refractivity contribution is 5.61. The third-order valence-electron chi connectivity index (χ3n) is 0.835. The molecule has 0 aromatic heterocycles. The van der Waals surface area contributed by atoms with Gasteiger partial charge in [-0.2, -0.15) is 5.26 Å². The summed E-state index contributed by atoms with van der Waals surface area (Å²) < 4.78 is 0. The van der Waals surface area contributed by atoms with Gasteiger partial charge in [0.05, 0.1) is 0 Å². The molecule has 2 aliphatic heterocycles. The average Bonchev–Trinajstić information content (AvgIpc) is 2.43. The normalized spacial score (nSPS) is 8.33. The van der Waals surface area contributed by atoms with Crippen LogP contribution in [0.2, 0.25) is 0 Å². The molecule has 2 rings (SSSR count). The van der Waals surface area contributed by atoms with E-state index in [4.69, 9.17) is 5.26 Å². The molecule has 0 unspecified atom stereocenters. The minimum Gasteiger partial charge on any atom is -0.337 e. The quantitative estimate of drug-likeness (QED) is 0.388. The van der Waals surface area contributed by atoms with E-state index in [-0.39, 0.29) is 0 Å². The summed E-state index contributed by atoms with van der Waals surface area (Å²) in [5, 5.41) is 7.10. The number of hydrogen-bond acceptors (Lipinski definition) is 4. The maximum atomic E-state index is 7.10. The van der Waals surface area contributed by atoms with Crippen LogP contribution in [-0.4, -0.2) is 9.97 Å². The van der Waals surface area contributed by atoms with Gasteiger partial charge in [0.2, 0.25) is 0 Å². The van der Waals surface area contributed by atoms with Crippen LogP contribution in [0.3, 0.4) is 0 Å². The fourth-order valence-electron chi connectivity index (χ4n) is 0.471. The first kappa shape index (κ1) is 5.51. The van der Waals surface area contributed by atoms with E-state index in [1.54, 1.807) is 6.20 Å². The zero-order chi connectivity index (χ0) is 6.69. The molecule has 0 fully saturated rings. The summed E-state index contributed by atoms with van der Waals surface area (Å²) in [5.41, 5.74) is 5.22. The summed E-state index contributed by atoms with van der Waals surface area (Å²) in [6.45, 7) is 0. The Morgan fingerprint density at radius 3 is 2.44 bits per heavy atom. The summed E-state index contributed by atoms with van der Waals surface area (Å²) in [6.07, 6.45) is 3.01. The van der Waals surface area contributed by atoms with Gasteiger partial charge in [-0.3, -0.25) is 0 Å². The van der Waals surface area contributed by atoms with Crippen LogP contribution in [0.4, 0.5) is 0 Å². The lowest BCUT2D eigenvalue weighted by atomic mass is 10.6. The zero-order valence-electron chi connectivity index (χ0n) is 4.57. The second kappa shape index (κ2) is 2.09. The van der Waals surface area contributed by atoms with E-state index in [2.05, 4.69) is 15.7 Å². The number of rotatable bonds is 0. The van der Waals surface area contributed by atoms with Crippen molar-refractivity contribution in [2.24, 2.45) is 5.73 Å². The van der Waals surface area contributed by atoms with Crippen molar-refractivity contribution in [3.8, 4) is 17.7 Å². The lowest BCUT2D eigenvalue weighted by molar-refractivity contribution is 1.39. The minimum atomic E-state index is 0.926. The van der Waals surface area contributed by atoms with Gasteiger partial charge >= 0.3 is 0 Å². The van der Waals surface area contributed by atoms with Crippen LogP contribution in [0.25, 0.3) is 11.5 Å². The summed E-state index contributed by atoms with van der Waals surface area (Å²) in [4.78, 5) is 7.68. The van der Waals surface area contributed by atoms with Crippen LogP contribution in [0.1, 0.15) is 0 Å². The molecule has 0 atom stereocenters. The molecular weight excluding hydrogens is 116 g/mol. The van der Waals surface area contributed by atoms with Crippen molar-refractivity contribution in [3.05, 3.63) is 12.3 Å². The smallest absolute Gasteiger partial charge is 0.178 e. The SMILES string of the molecule is N#CN.c1cc2nc-2n1. The van der Waals surface area contributed by atoms with E-state index in [0.717, 1.165) is 11.5 Å². The molecule has 0 saturated heterocycles. The number of aromatic nitrogens is 2. The van der Waals surface area contributed by atoms with Crippen molar-refractivity contribution in [2.45, 2.75) is 0 Å². The first-order valence-electron chi connectivity index (χ1n) is 2.31. The molecule has 0 spiro atoms. The fourth-order valence-corrected chi connectivity index (χ4v) is 0.471. The van der Waals surface area contributed by atoms with Gasteiger partial charge in [0.25, 0.3) is 0 Å². The Balaban J connectivity index is 0.000000120. The Kier molecular flexibility index (Phi) is 1.28. The first-order valence-corrected chi connectivity index (χ1v) is 2.31. The van der Waals surface area contributed by atoms with E-state index < -0.39 is 0 Å². The van der Waals surface area contributed by atoms with Crippen molar-refractivity contribution in [3.63, 3.8) is 0 Å². The van der Waals surface area contributed by atoms with Crippen molar-refractivity contribution in [2.75, 3.05) is 0 Å². The molecule has 0 bridgehead atoms. The first-order chi connectivity index (χ1) is 4.38. The number of nitrogens with zero attached hydrogens (tertiary/aromatic N) is 3. The second-order valence-electron chi connectivity index (χ2n) is 1.39. The van der Waals surface area contributed by atoms with Gasteiger partial charge in [-0.25, -0.2) is 9.97 Å². The van der Waals surface area contributed by atoms with Crippen LogP contribution >= 0.6 is 0 Å². The van der Waals surface area contributed by atoms with E-state index in [1.165, 1.54) is 6.19 Å². The second-order valence-corrected chi connectivity index (χ2v) is 1.39. The summed E-state index contributed by atoms with van der Waals surface area (Å²) >= 11 is 0. The van der Waals surface area contributed by atoms with E-state index in [9.17, 15) is 0 Å². The molecule has 2 N–H and O–H groups in total. The standard InChI is InChI=1S/C4H2N2.CH2N2/c1-2-5-4-3(1)6-4;2-1-3/h1-2H;2H2. The van der Waals surface area contributed by atoms with Gasteiger partial charge in [-0.1, -0.05) is 0 Å². The summed E-state index contributed by atoms with van der Waals surface area (Å²) in [5.74, 6) is 0.926. The van der Waals surface area contributed by atoms with Gasteiger partial charge in [-0.15, -0.1) is 0 Å². The third-order valence-corrected chi connectivity index (χ3v) is 0.835. The van der Waals surface area contributed by atoms with Crippen LogP contribution in [0.15, 0.2) is 12.3 Å². The molecule has 0 aromatic carbocycles. The molecule has 2 aliphatic rings. The van der Waals surface area contributed by atoms with Crippen molar-refractivity contribution in [1.82, 2.24) is 9.97 Å². The van der Waals surface area contributed by atoms with Crippen LogP contribution < -0.4 is 5.73 Å². The Hall–Kier alpha value is -1.63. The van der Waals surface area contributed by atoms with Gasteiger partial charge in [0.15, 0.2) is 12.0 Å². The Labute approximate surface area is 52.0 Å².